The van der Waals surface area contributed by atoms with Gasteiger partial charge in [0, 0.05) is 6.07 Å². The second kappa shape index (κ2) is 10.3. The second-order valence-corrected chi connectivity index (χ2v) is 6.89. The molecule has 1 heterocycles. The molecule has 158 valence electrons. The van der Waals surface area contributed by atoms with Crippen molar-refractivity contribution in [2.24, 2.45) is 0 Å². The molecule has 3 rings (SSSR count). The number of nitrogens with zero attached hydrogens (tertiary/aromatic N) is 2. The van der Waals surface area contributed by atoms with Gasteiger partial charge in [0.1, 0.15) is 24.0 Å². The predicted octanol–water partition coefficient (Wildman–Crippen LogP) is 5.16. The van der Waals surface area contributed by atoms with Gasteiger partial charge in [-0.2, -0.15) is 5.26 Å². The van der Waals surface area contributed by atoms with Crippen LogP contribution in [0, 0.1) is 18.3 Å². The van der Waals surface area contributed by atoms with Crippen LogP contribution in [0.5, 0.6) is 11.5 Å². The van der Waals surface area contributed by atoms with Crippen LogP contribution in [0.25, 0.3) is 6.08 Å². The van der Waals surface area contributed by atoms with Gasteiger partial charge in [-0.25, -0.2) is 0 Å². The van der Waals surface area contributed by atoms with Crippen molar-refractivity contribution < 1.29 is 18.8 Å². The minimum atomic E-state index is -0.616. The Kier molecular flexibility index (Phi) is 7.31. The van der Waals surface area contributed by atoms with Crippen molar-refractivity contribution in [1.82, 2.24) is 5.16 Å². The van der Waals surface area contributed by atoms with E-state index >= 15 is 0 Å². The number of ether oxygens (including phenoxy) is 2. The molecule has 0 radical (unpaired) electrons. The number of aromatic nitrogens is 1. The molecular weight excluding hydrogens is 418 g/mol. The van der Waals surface area contributed by atoms with Crippen LogP contribution in [0.2, 0.25) is 5.02 Å². The summed E-state index contributed by atoms with van der Waals surface area (Å²) in [4.78, 5) is 12.4. The van der Waals surface area contributed by atoms with Gasteiger partial charge in [-0.05, 0) is 43.2 Å². The number of nitrogens with one attached hydrogen (secondary N) is 1. The monoisotopic (exact) mass is 437 g/mol. The minimum Gasteiger partial charge on any atom is -0.490 e. The number of carbonyl (C=O) groups is 1. The first-order valence-corrected chi connectivity index (χ1v) is 9.87. The van der Waals surface area contributed by atoms with E-state index in [1.807, 2.05) is 43.3 Å². The molecule has 0 aliphatic heterocycles. The number of carbonyl (C=O) groups excluding carboxylic acids is 1. The molecule has 0 spiro atoms. The lowest BCUT2D eigenvalue weighted by molar-refractivity contribution is -0.112. The zero-order chi connectivity index (χ0) is 22.2. The van der Waals surface area contributed by atoms with Crippen LogP contribution in [-0.4, -0.2) is 17.7 Å². The maximum Gasteiger partial charge on any atom is 0.267 e. The van der Waals surface area contributed by atoms with Gasteiger partial charge in [0.2, 0.25) is 0 Å². The first-order valence-electron chi connectivity index (χ1n) is 9.49. The highest BCUT2D eigenvalue weighted by molar-refractivity contribution is 6.32. The fraction of sp³-hybridized carbons (Fsp3) is 0.174. The molecule has 8 heteroatoms. The van der Waals surface area contributed by atoms with Crippen molar-refractivity contribution in [3.63, 3.8) is 0 Å². The van der Waals surface area contributed by atoms with Crippen LogP contribution in [0.4, 0.5) is 5.82 Å². The molecule has 1 N–H and O–H groups in total. The lowest BCUT2D eigenvalue weighted by Gasteiger charge is -2.14. The summed E-state index contributed by atoms with van der Waals surface area (Å²) in [5, 5.41) is 15.9. The standard InChI is InChI=1S/C23H20ClN3O4/c1-3-29-20-12-17(10-18(13-25)23(28)26-21-9-15(2)31-27-21)11-19(24)22(20)30-14-16-7-5-4-6-8-16/h4-12H,3,14H2,1-2H3,(H,26,27,28)/b18-10-. The van der Waals surface area contributed by atoms with Gasteiger partial charge in [0.05, 0.1) is 11.6 Å². The molecule has 0 unspecified atom stereocenters. The fourth-order valence-electron chi connectivity index (χ4n) is 2.73. The van der Waals surface area contributed by atoms with E-state index in [1.165, 1.54) is 6.08 Å². The Hall–Kier alpha value is -3.76. The van der Waals surface area contributed by atoms with Crippen molar-refractivity contribution in [3.8, 4) is 17.6 Å². The Bertz CT molecular complexity index is 1130. The fourth-order valence-corrected chi connectivity index (χ4v) is 3.00. The lowest BCUT2D eigenvalue weighted by Crippen LogP contribution is -2.13. The highest BCUT2D eigenvalue weighted by Crippen LogP contribution is 2.38. The van der Waals surface area contributed by atoms with E-state index < -0.39 is 5.91 Å². The number of rotatable bonds is 8. The third-order valence-electron chi connectivity index (χ3n) is 4.10. The molecule has 0 saturated heterocycles. The second-order valence-electron chi connectivity index (χ2n) is 6.48. The number of hydrogen-bond acceptors (Lipinski definition) is 6. The summed E-state index contributed by atoms with van der Waals surface area (Å²) in [5.41, 5.74) is 1.37. The minimum absolute atomic E-state index is 0.128. The number of amides is 1. The SMILES string of the molecule is CCOc1cc(/C=C(/C#N)C(=O)Nc2cc(C)on2)cc(Cl)c1OCc1ccccc1. The number of benzene rings is 2. The van der Waals surface area contributed by atoms with E-state index in [4.69, 9.17) is 25.6 Å². The molecular formula is C23H20ClN3O4. The summed E-state index contributed by atoms with van der Waals surface area (Å²) in [7, 11) is 0. The summed E-state index contributed by atoms with van der Waals surface area (Å²) in [5.74, 6) is 0.959. The molecule has 0 bridgehead atoms. The smallest absolute Gasteiger partial charge is 0.267 e. The van der Waals surface area contributed by atoms with Crippen LogP contribution >= 0.6 is 11.6 Å². The number of aryl methyl sites for hydroxylation is 1. The largest absolute Gasteiger partial charge is 0.490 e. The number of nitriles is 1. The Morgan fingerprint density at radius 2 is 2.03 bits per heavy atom. The molecule has 0 atom stereocenters. The van der Waals surface area contributed by atoms with Gasteiger partial charge in [0.15, 0.2) is 17.3 Å². The highest BCUT2D eigenvalue weighted by Gasteiger charge is 2.16. The van der Waals surface area contributed by atoms with Gasteiger partial charge in [-0.15, -0.1) is 0 Å². The zero-order valence-corrected chi connectivity index (χ0v) is 17.8. The molecule has 0 saturated carbocycles. The van der Waals surface area contributed by atoms with E-state index in [-0.39, 0.29) is 11.4 Å². The van der Waals surface area contributed by atoms with Gasteiger partial charge in [-0.1, -0.05) is 47.1 Å². The third-order valence-corrected chi connectivity index (χ3v) is 4.38. The van der Waals surface area contributed by atoms with E-state index in [1.54, 1.807) is 25.1 Å². The van der Waals surface area contributed by atoms with Gasteiger partial charge >= 0.3 is 0 Å². The Morgan fingerprint density at radius 3 is 2.68 bits per heavy atom. The van der Waals surface area contributed by atoms with Crippen LogP contribution < -0.4 is 14.8 Å². The Labute approximate surface area is 184 Å². The summed E-state index contributed by atoms with van der Waals surface area (Å²) >= 11 is 6.44. The molecule has 0 aliphatic carbocycles. The van der Waals surface area contributed by atoms with E-state index in [9.17, 15) is 10.1 Å². The van der Waals surface area contributed by atoms with Crippen molar-refractivity contribution in [3.05, 3.63) is 76.0 Å². The van der Waals surface area contributed by atoms with Gasteiger partial charge < -0.3 is 19.3 Å². The third kappa shape index (κ3) is 5.87. The van der Waals surface area contributed by atoms with E-state index in [2.05, 4.69) is 10.5 Å². The number of anilines is 1. The van der Waals surface area contributed by atoms with Crippen LogP contribution in [-0.2, 0) is 11.4 Å². The van der Waals surface area contributed by atoms with Crippen molar-refractivity contribution in [2.75, 3.05) is 11.9 Å². The van der Waals surface area contributed by atoms with Crippen LogP contribution in [0.15, 0.2) is 58.6 Å². The summed E-state index contributed by atoms with van der Waals surface area (Å²) in [6.45, 7) is 4.24. The van der Waals surface area contributed by atoms with Crippen molar-refractivity contribution >= 4 is 29.4 Å². The molecule has 1 amide bonds. The highest BCUT2D eigenvalue weighted by atomic mass is 35.5. The first-order chi connectivity index (χ1) is 15.0. The maximum absolute atomic E-state index is 12.4. The van der Waals surface area contributed by atoms with Crippen molar-refractivity contribution in [2.45, 2.75) is 20.5 Å². The number of hydrogen-bond donors (Lipinski definition) is 1. The summed E-state index contributed by atoms with van der Waals surface area (Å²) < 4.78 is 16.5. The summed E-state index contributed by atoms with van der Waals surface area (Å²) in [6.07, 6.45) is 1.41. The van der Waals surface area contributed by atoms with Gasteiger partial charge in [-0.3, -0.25) is 4.79 Å². The summed E-state index contributed by atoms with van der Waals surface area (Å²) in [6, 6.07) is 16.4. The van der Waals surface area contributed by atoms with Crippen LogP contribution in [0.1, 0.15) is 23.8 Å². The van der Waals surface area contributed by atoms with Gasteiger partial charge in [0.25, 0.3) is 5.91 Å². The average Bonchev–Trinajstić information content (AvgIpc) is 3.16. The quantitative estimate of drug-likeness (QED) is 0.386. The van der Waals surface area contributed by atoms with Crippen LogP contribution in [0.3, 0.4) is 0 Å². The molecule has 3 aromatic rings. The normalized spacial score (nSPS) is 11.0. The average molecular weight is 438 g/mol. The molecule has 31 heavy (non-hydrogen) atoms. The molecule has 7 nitrogen and oxygen atoms in total. The predicted molar refractivity (Wildman–Crippen MR) is 117 cm³/mol. The Morgan fingerprint density at radius 1 is 1.26 bits per heavy atom. The molecule has 1 aromatic heterocycles. The van der Waals surface area contributed by atoms with E-state index in [0.29, 0.717) is 41.1 Å². The Balaban J connectivity index is 1.84. The van der Waals surface area contributed by atoms with E-state index in [0.717, 1.165) is 5.56 Å². The zero-order valence-electron chi connectivity index (χ0n) is 17.0. The molecule has 2 aromatic carbocycles. The maximum atomic E-state index is 12.4. The van der Waals surface area contributed by atoms with Crippen molar-refractivity contribution in [1.29, 1.82) is 5.26 Å². The topological polar surface area (TPSA) is 97.4 Å². The molecule has 0 aliphatic rings. The lowest BCUT2D eigenvalue weighted by atomic mass is 10.1. The number of halogens is 1. The first kappa shape index (κ1) is 21.9. The molecule has 0 fully saturated rings.